The number of rotatable bonds is 9. The van der Waals surface area contributed by atoms with Gasteiger partial charge in [0.15, 0.2) is 18.3 Å². The predicted molar refractivity (Wildman–Crippen MR) is 115 cm³/mol. The van der Waals surface area contributed by atoms with Gasteiger partial charge in [-0.1, -0.05) is 39.3 Å². The Balaban J connectivity index is 1.89. The molecule has 5 nitrogen and oxygen atoms in total. The van der Waals surface area contributed by atoms with Crippen molar-refractivity contribution in [3.05, 3.63) is 42.0 Å². The van der Waals surface area contributed by atoms with Crippen LogP contribution in [0.25, 0.3) is 0 Å². The molecule has 3 rings (SSSR count). The number of ether oxygens (including phenoxy) is 4. The normalized spacial score (nSPS) is 15.1. The van der Waals surface area contributed by atoms with E-state index >= 15 is 0 Å². The van der Waals surface area contributed by atoms with Crippen molar-refractivity contribution in [2.45, 2.75) is 25.8 Å². The first kappa shape index (κ1) is 20.9. The average Bonchev–Trinajstić information content (AvgIpc) is 2.74. The number of nitrogens with zero attached hydrogens (tertiary/aromatic N) is 1. The summed E-state index contributed by atoms with van der Waals surface area (Å²) in [5.74, 6) is 2.14. The molecule has 0 radical (unpaired) electrons. The summed E-state index contributed by atoms with van der Waals surface area (Å²) in [6, 6.07) is 12.6. The second-order valence-corrected chi connectivity index (χ2v) is 8.20. The SMILES string of the molecule is COCOc1c(OC)cc(OC)cc1Pc1ccccc1CN1CCCCC1. The number of hydrogen-bond donors (Lipinski definition) is 0. The molecule has 1 atom stereocenters. The Morgan fingerprint density at radius 2 is 1.71 bits per heavy atom. The zero-order chi connectivity index (χ0) is 19.8. The van der Waals surface area contributed by atoms with Gasteiger partial charge in [-0.3, -0.25) is 4.90 Å². The molecule has 0 bridgehead atoms. The molecule has 0 amide bonds. The predicted octanol–water partition coefficient (Wildman–Crippen LogP) is 3.30. The fraction of sp³-hybridized carbons (Fsp3) is 0.455. The zero-order valence-electron chi connectivity index (χ0n) is 17.0. The molecule has 0 aromatic heterocycles. The Bertz CT molecular complexity index is 762. The quantitative estimate of drug-likeness (QED) is 0.475. The lowest BCUT2D eigenvalue weighted by Gasteiger charge is -2.27. The van der Waals surface area contributed by atoms with Gasteiger partial charge in [-0.25, -0.2) is 0 Å². The Kier molecular flexibility index (Phi) is 7.96. The Morgan fingerprint density at radius 1 is 0.929 bits per heavy atom. The third-order valence-electron chi connectivity index (χ3n) is 4.93. The van der Waals surface area contributed by atoms with Crippen LogP contribution >= 0.6 is 8.58 Å². The third-order valence-corrected chi connectivity index (χ3v) is 6.33. The number of hydrogen-bond acceptors (Lipinski definition) is 5. The van der Waals surface area contributed by atoms with Crippen molar-refractivity contribution in [3.63, 3.8) is 0 Å². The molecule has 0 N–H and O–H groups in total. The molecule has 28 heavy (non-hydrogen) atoms. The van der Waals surface area contributed by atoms with Crippen LogP contribution in [0.3, 0.4) is 0 Å². The molecule has 2 aromatic rings. The smallest absolute Gasteiger partial charge is 0.188 e. The van der Waals surface area contributed by atoms with E-state index in [1.165, 1.54) is 43.2 Å². The molecule has 2 aromatic carbocycles. The summed E-state index contributed by atoms with van der Waals surface area (Å²) in [6.07, 6.45) is 3.95. The summed E-state index contributed by atoms with van der Waals surface area (Å²) in [7, 11) is 5.37. The Labute approximate surface area is 169 Å². The van der Waals surface area contributed by atoms with Crippen molar-refractivity contribution < 1.29 is 18.9 Å². The van der Waals surface area contributed by atoms with Gasteiger partial charge in [-0.15, -0.1) is 0 Å². The summed E-state index contributed by atoms with van der Waals surface area (Å²) in [6.45, 7) is 3.55. The lowest BCUT2D eigenvalue weighted by Crippen LogP contribution is -2.30. The first-order valence-corrected chi connectivity index (χ1v) is 10.7. The molecule has 0 spiro atoms. The monoisotopic (exact) mass is 403 g/mol. The van der Waals surface area contributed by atoms with E-state index in [1.807, 2.05) is 12.1 Å². The van der Waals surface area contributed by atoms with Crippen LogP contribution < -0.4 is 24.8 Å². The van der Waals surface area contributed by atoms with Crippen molar-refractivity contribution in [2.24, 2.45) is 0 Å². The maximum Gasteiger partial charge on any atom is 0.188 e. The van der Waals surface area contributed by atoms with E-state index in [0.29, 0.717) is 14.3 Å². The Morgan fingerprint density at radius 3 is 2.43 bits per heavy atom. The van der Waals surface area contributed by atoms with E-state index in [2.05, 4.69) is 29.2 Å². The molecule has 1 aliphatic heterocycles. The zero-order valence-corrected chi connectivity index (χ0v) is 18.0. The highest BCUT2D eigenvalue weighted by atomic mass is 31.1. The van der Waals surface area contributed by atoms with Gasteiger partial charge in [0.25, 0.3) is 0 Å². The molecular weight excluding hydrogens is 373 g/mol. The minimum Gasteiger partial charge on any atom is -0.497 e. The molecule has 1 fully saturated rings. The maximum absolute atomic E-state index is 5.86. The van der Waals surface area contributed by atoms with E-state index in [9.17, 15) is 0 Å². The highest BCUT2D eigenvalue weighted by Gasteiger charge is 2.17. The third kappa shape index (κ3) is 5.38. The van der Waals surface area contributed by atoms with Crippen LogP contribution in [0.4, 0.5) is 0 Å². The van der Waals surface area contributed by atoms with Crippen LogP contribution in [0.5, 0.6) is 17.2 Å². The van der Waals surface area contributed by atoms with Crippen LogP contribution in [0.15, 0.2) is 36.4 Å². The molecule has 6 heteroatoms. The van der Waals surface area contributed by atoms with Gasteiger partial charge in [0, 0.05) is 25.0 Å². The van der Waals surface area contributed by atoms with Crippen molar-refractivity contribution in [3.8, 4) is 17.2 Å². The van der Waals surface area contributed by atoms with Crippen LogP contribution in [0.2, 0.25) is 0 Å². The number of piperidine rings is 1. The van der Waals surface area contributed by atoms with Crippen LogP contribution in [-0.4, -0.2) is 46.1 Å². The largest absolute Gasteiger partial charge is 0.497 e. The number of benzene rings is 2. The second kappa shape index (κ2) is 10.7. The average molecular weight is 403 g/mol. The molecular formula is C22H30NO4P. The van der Waals surface area contributed by atoms with Gasteiger partial charge >= 0.3 is 0 Å². The molecule has 1 unspecified atom stereocenters. The Hall–Kier alpha value is -1.81. The fourth-order valence-electron chi connectivity index (χ4n) is 3.49. The molecule has 1 heterocycles. The van der Waals surface area contributed by atoms with E-state index in [4.69, 9.17) is 18.9 Å². The topological polar surface area (TPSA) is 40.2 Å². The number of likely N-dealkylation sites (tertiary alicyclic amines) is 1. The van der Waals surface area contributed by atoms with Gasteiger partial charge in [-0.2, -0.15) is 0 Å². The van der Waals surface area contributed by atoms with Gasteiger partial charge in [0.1, 0.15) is 5.75 Å². The van der Waals surface area contributed by atoms with E-state index < -0.39 is 0 Å². The molecule has 0 aliphatic carbocycles. The van der Waals surface area contributed by atoms with E-state index in [-0.39, 0.29) is 6.79 Å². The first-order valence-electron chi connectivity index (χ1n) is 9.70. The van der Waals surface area contributed by atoms with E-state index in [0.717, 1.165) is 23.3 Å². The fourth-order valence-corrected chi connectivity index (χ4v) is 4.81. The van der Waals surface area contributed by atoms with Gasteiger partial charge < -0.3 is 18.9 Å². The summed E-state index contributed by atoms with van der Waals surface area (Å²) in [5.41, 5.74) is 1.38. The standard InChI is InChI=1S/C22H30NO4P/c1-24-16-27-22-19(26-3)13-18(25-2)14-21(22)28-20-10-6-5-9-17(20)15-23-11-7-4-8-12-23/h5-6,9-10,13-14,28H,4,7-8,11-12,15-16H2,1-3H3. The summed E-state index contributed by atoms with van der Waals surface area (Å²) in [5, 5.41) is 2.38. The van der Waals surface area contributed by atoms with Gasteiger partial charge in [0.05, 0.1) is 14.2 Å². The van der Waals surface area contributed by atoms with Gasteiger partial charge in [-0.05, 0) is 42.9 Å². The van der Waals surface area contributed by atoms with Crippen LogP contribution in [-0.2, 0) is 11.3 Å². The summed E-state index contributed by atoms with van der Waals surface area (Å²) >= 11 is 0. The molecule has 152 valence electrons. The molecule has 1 saturated heterocycles. The van der Waals surface area contributed by atoms with Crippen LogP contribution in [0.1, 0.15) is 24.8 Å². The van der Waals surface area contributed by atoms with Gasteiger partial charge in [0.2, 0.25) is 0 Å². The second-order valence-electron chi connectivity index (χ2n) is 6.88. The van der Waals surface area contributed by atoms with Crippen molar-refractivity contribution in [1.29, 1.82) is 0 Å². The number of methoxy groups -OCH3 is 3. The summed E-state index contributed by atoms with van der Waals surface area (Å²) in [4.78, 5) is 2.56. The highest BCUT2D eigenvalue weighted by molar-refractivity contribution is 7.55. The van der Waals surface area contributed by atoms with Crippen LogP contribution in [0, 0.1) is 0 Å². The maximum atomic E-state index is 5.86. The van der Waals surface area contributed by atoms with Crippen molar-refractivity contribution >= 4 is 19.2 Å². The van der Waals surface area contributed by atoms with Crippen molar-refractivity contribution in [1.82, 2.24) is 4.90 Å². The molecule has 0 saturated carbocycles. The van der Waals surface area contributed by atoms with Crippen molar-refractivity contribution in [2.75, 3.05) is 41.2 Å². The first-order chi connectivity index (χ1) is 13.7. The summed E-state index contributed by atoms with van der Waals surface area (Å²) < 4.78 is 22.0. The van der Waals surface area contributed by atoms with E-state index in [1.54, 1.807) is 21.3 Å². The minimum atomic E-state index is 0.176. The minimum absolute atomic E-state index is 0.176. The lowest BCUT2D eigenvalue weighted by molar-refractivity contribution is 0.0499. The highest BCUT2D eigenvalue weighted by Crippen LogP contribution is 2.34. The lowest BCUT2D eigenvalue weighted by atomic mass is 10.1. The molecule has 1 aliphatic rings.